The summed E-state index contributed by atoms with van der Waals surface area (Å²) in [6.07, 6.45) is 0. The Labute approximate surface area is 148 Å². The minimum Gasteiger partial charge on any atom is -0.324 e. The van der Waals surface area contributed by atoms with Crippen molar-refractivity contribution in [2.24, 2.45) is 0 Å². The van der Waals surface area contributed by atoms with Crippen molar-refractivity contribution in [3.63, 3.8) is 0 Å². The number of hydrogen-bond donors (Lipinski definition) is 1. The summed E-state index contributed by atoms with van der Waals surface area (Å²) in [7, 11) is 0. The quantitative estimate of drug-likeness (QED) is 0.720. The third-order valence-corrected chi connectivity index (χ3v) is 5.35. The summed E-state index contributed by atoms with van der Waals surface area (Å²) in [4.78, 5) is 16.5. The van der Waals surface area contributed by atoms with Crippen molar-refractivity contribution in [1.29, 1.82) is 0 Å². The van der Waals surface area contributed by atoms with E-state index in [2.05, 4.69) is 31.1 Å². The number of carbonyl (C=O) groups is 1. The fraction of sp³-hybridized carbons (Fsp3) is 0.333. The van der Waals surface area contributed by atoms with Crippen molar-refractivity contribution >= 4 is 57.9 Å². The molecule has 0 unspecified atom stereocenters. The van der Waals surface area contributed by atoms with E-state index < -0.39 is 0 Å². The zero-order valence-electron chi connectivity index (χ0n) is 12.4. The van der Waals surface area contributed by atoms with E-state index in [-0.39, 0.29) is 17.1 Å². The van der Waals surface area contributed by atoms with Crippen LogP contribution in [0.4, 0.5) is 5.69 Å². The van der Waals surface area contributed by atoms with Crippen LogP contribution in [0.15, 0.2) is 27.9 Å². The maximum absolute atomic E-state index is 12.0. The third-order valence-electron chi connectivity index (χ3n) is 2.78. The number of nitrogens with zero attached hydrogens (tertiary/aromatic N) is 1. The SMILES string of the molecule is CC(C)(C)c1csc(SCC(=O)Nc2ccc(Cl)cc2Cl)n1. The van der Waals surface area contributed by atoms with Gasteiger partial charge in [0.2, 0.25) is 5.91 Å². The first-order valence-electron chi connectivity index (χ1n) is 6.59. The molecule has 1 aromatic heterocycles. The van der Waals surface area contributed by atoms with Crippen molar-refractivity contribution in [3.05, 3.63) is 39.3 Å². The van der Waals surface area contributed by atoms with Gasteiger partial charge in [-0.15, -0.1) is 11.3 Å². The predicted molar refractivity (Wildman–Crippen MR) is 96.6 cm³/mol. The van der Waals surface area contributed by atoms with Gasteiger partial charge in [-0.3, -0.25) is 4.79 Å². The molecule has 2 aromatic rings. The van der Waals surface area contributed by atoms with Crippen LogP contribution in [0.25, 0.3) is 0 Å². The Balaban J connectivity index is 1.91. The Morgan fingerprint density at radius 1 is 1.36 bits per heavy atom. The van der Waals surface area contributed by atoms with Crippen LogP contribution in [0.3, 0.4) is 0 Å². The summed E-state index contributed by atoms with van der Waals surface area (Å²) in [6.45, 7) is 6.35. The van der Waals surface area contributed by atoms with Gasteiger partial charge in [-0.05, 0) is 18.2 Å². The zero-order chi connectivity index (χ0) is 16.3. The number of amides is 1. The van der Waals surface area contributed by atoms with Gasteiger partial charge < -0.3 is 5.32 Å². The molecule has 118 valence electrons. The lowest BCUT2D eigenvalue weighted by Gasteiger charge is -2.14. The minimum absolute atomic E-state index is 0.0222. The average molecular weight is 375 g/mol. The van der Waals surface area contributed by atoms with Gasteiger partial charge in [-0.1, -0.05) is 55.7 Å². The molecule has 0 saturated heterocycles. The highest BCUT2D eigenvalue weighted by atomic mass is 35.5. The van der Waals surface area contributed by atoms with Crippen molar-refractivity contribution in [2.75, 3.05) is 11.1 Å². The van der Waals surface area contributed by atoms with E-state index in [1.807, 2.05) is 5.38 Å². The van der Waals surface area contributed by atoms with Crippen LogP contribution in [0.1, 0.15) is 26.5 Å². The monoisotopic (exact) mass is 374 g/mol. The van der Waals surface area contributed by atoms with Gasteiger partial charge in [0.15, 0.2) is 4.34 Å². The lowest BCUT2D eigenvalue weighted by molar-refractivity contribution is -0.113. The molecule has 1 N–H and O–H groups in total. The highest BCUT2D eigenvalue weighted by Crippen LogP contribution is 2.30. The van der Waals surface area contributed by atoms with Crippen molar-refractivity contribution in [2.45, 2.75) is 30.5 Å². The number of thioether (sulfide) groups is 1. The van der Waals surface area contributed by atoms with Gasteiger partial charge in [0.05, 0.1) is 22.2 Å². The van der Waals surface area contributed by atoms with Crippen molar-refractivity contribution in [3.8, 4) is 0 Å². The molecule has 0 aliphatic heterocycles. The minimum atomic E-state index is -0.123. The number of hydrogen-bond acceptors (Lipinski definition) is 4. The molecule has 0 spiro atoms. The fourth-order valence-corrected chi connectivity index (χ4v) is 3.88. The Bertz CT molecular complexity index is 680. The summed E-state index contributed by atoms with van der Waals surface area (Å²) in [5.41, 5.74) is 1.63. The Hall–Kier alpha value is -0.750. The summed E-state index contributed by atoms with van der Waals surface area (Å²) in [5.74, 6) is 0.164. The van der Waals surface area contributed by atoms with E-state index in [9.17, 15) is 4.79 Å². The second-order valence-electron chi connectivity index (χ2n) is 5.71. The second kappa shape index (κ2) is 7.21. The number of halogens is 2. The van der Waals surface area contributed by atoms with E-state index in [1.165, 1.54) is 11.8 Å². The molecule has 0 radical (unpaired) electrons. The second-order valence-corrected chi connectivity index (χ2v) is 8.63. The number of thiazole rings is 1. The molecule has 0 aliphatic carbocycles. The first kappa shape index (κ1) is 17.6. The van der Waals surface area contributed by atoms with Gasteiger partial charge in [-0.2, -0.15) is 0 Å². The zero-order valence-corrected chi connectivity index (χ0v) is 15.6. The molecule has 0 aliphatic rings. The first-order chi connectivity index (χ1) is 10.3. The maximum Gasteiger partial charge on any atom is 0.234 e. The molecule has 1 heterocycles. The Morgan fingerprint density at radius 3 is 2.68 bits per heavy atom. The number of rotatable bonds is 4. The molecule has 1 aromatic carbocycles. The summed E-state index contributed by atoms with van der Waals surface area (Å²) in [6, 6.07) is 4.98. The van der Waals surface area contributed by atoms with Crippen LogP contribution in [0.5, 0.6) is 0 Å². The van der Waals surface area contributed by atoms with Crippen LogP contribution < -0.4 is 5.32 Å². The van der Waals surface area contributed by atoms with Gasteiger partial charge in [0.25, 0.3) is 0 Å². The van der Waals surface area contributed by atoms with Crippen LogP contribution in [0.2, 0.25) is 10.0 Å². The Morgan fingerprint density at radius 2 is 2.09 bits per heavy atom. The fourth-order valence-electron chi connectivity index (χ4n) is 1.57. The summed E-state index contributed by atoms with van der Waals surface area (Å²) in [5, 5.41) is 5.77. The molecular weight excluding hydrogens is 359 g/mol. The lowest BCUT2D eigenvalue weighted by Crippen LogP contribution is -2.14. The number of aromatic nitrogens is 1. The smallest absolute Gasteiger partial charge is 0.234 e. The van der Waals surface area contributed by atoms with Gasteiger partial charge >= 0.3 is 0 Å². The van der Waals surface area contributed by atoms with Gasteiger partial charge in [0.1, 0.15) is 0 Å². The number of carbonyl (C=O) groups excluding carboxylic acids is 1. The van der Waals surface area contributed by atoms with E-state index >= 15 is 0 Å². The third kappa shape index (κ3) is 4.88. The predicted octanol–water partition coefficient (Wildman–Crippen LogP) is 5.48. The van der Waals surface area contributed by atoms with Gasteiger partial charge in [0, 0.05) is 15.8 Å². The van der Waals surface area contributed by atoms with E-state index in [4.69, 9.17) is 23.2 Å². The van der Waals surface area contributed by atoms with Gasteiger partial charge in [-0.25, -0.2) is 4.98 Å². The summed E-state index contributed by atoms with van der Waals surface area (Å²) < 4.78 is 0.891. The number of nitrogens with one attached hydrogen (secondary N) is 1. The molecule has 1 amide bonds. The highest BCUT2D eigenvalue weighted by molar-refractivity contribution is 8.01. The van der Waals surface area contributed by atoms with Crippen LogP contribution >= 0.6 is 46.3 Å². The normalized spacial score (nSPS) is 11.5. The molecule has 2 rings (SSSR count). The van der Waals surface area contributed by atoms with Crippen molar-refractivity contribution in [1.82, 2.24) is 4.98 Å². The Kier molecular flexibility index (Phi) is 5.77. The maximum atomic E-state index is 12.0. The molecule has 0 bridgehead atoms. The molecule has 7 heteroatoms. The van der Waals surface area contributed by atoms with E-state index in [1.54, 1.807) is 29.5 Å². The average Bonchev–Trinajstić information content (AvgIpc) is 2.88. The first-order valence-corrected chi connectivity index (χ1v) is 9.21. The van der Waals surface area contributed by atoms with Crippen LogP contribution in [-0.4, -0.2) is 16.6 Å². The molecule has 22 heavy (non-hydrogen) atoms. The number of anilines is 1. The van der Waals surface area contributed by atoms with E-state index in [0.717, 1.165) is 10.0 Å². The molecular formula is C15H16Cl2N2OS2. The van der Waals surface area contributed by atoms with Crippen molar-refractivity contribution < 1.29 is 4.79 Å². The molecule has 0 saturated carbocycles. The van der Waals surface area contributed by atoms with Crippen LogP contribution in [0, 0.1) is 0 Å². The molecule has 0 atom stereocenters. The molecule has 3 nitrogen and oxygen atoms in total. The topological polar surface area (TPSA) is 42.0 Å². The lowest BCUT2D eigenvalue weighted by atomic mass is 9.93. The number of benzene rings is 1. The molecule has 0 fully saturated rings. The summed E-state index contributed by atoms with van der Waals surface area (Å²) >= 11 is 14.8. The van der Waals surface area contributed by atoms with E-state index in [0.29, 0.717) is 15.7 Å². The van der Waals surface area contributed by atoms with Crippen LogP contribution in [-0.2, 0) is 10.2 Å². The standard InChI is InChI=1S/C15H16Cl2N2OS2/c1-15(2,3)12-7-21-14(19-12)22-8-13(20)18-11-5-4-9(16)6-10(11)17/h4-7H,8H2,1-3H3,(H,18,20). The highest BCUT2D eigenvalue weighted by Gasteiger charge is 2.18. The largest absolute Gasteiger partial charge is 0.324 e.